The Labute approximate surface area is 201 Å². The van der Waals surface area contributed by atoms with Crippen LogP contribution in [0.4, 0.5) is 0 Å². The number of aryl methyl sites for hydroxylation is 1. The standard InChI is InChI=1S/C24H30N4O2.HI/c1-18-9-10-20(23(15-18)30-14-6-13-29-3)17-28-24(25-2)27-16-19-11-12-26-22-8-5-4-7-21(19)22;/h4-5,7-12,15H,6,13-14,16-17H2,1-3H3,(H2,25,27,28);1H. The van der Waals surface area contributed by atoms with Crippen LogP contribution in [0.1, 0.15) is 23.1 Å². The van der Waals surface area contributed by atoms with Crippen molar-refractivity contribution >= 4 is 40.8 Å². The van der Waals surface area contributed by atoms with Crippen molar-refractivity contribution in [2.24, 2.45) is 4.99 Å². The third-order valence-electron chi connectivity index (χ3n) is 4.83. The summed E-state index contributed by atoms with van der Waals surface area (Å²) in [6.07, 6.45) is 2.70. The molecular formula is C24H31IN4O2. The Morgan fingerprint density at radius 1 is 1.00 bits per heavy atom. The molecule has 0 spiro atoms. The fourth-order valence-corrected chi connectivity index (χ4v) is 3.22. The van der Waals surface area contributed by atoms with Gasteiger partial charge in [0, 0.05) is 57.4 Å². The number of rotatable bonds is 9. The van der Waals surface area contributed by atoms with Crippen molar-refractivity contribution in [3.63, 3.8) is 0 Å². The monoisotopic (exact) mass is 534 g/mol. The van der Waals surface area contributed by atoms with E-state index in [1.165, 1.54) is 11.1 Å². The van der Waals surface area contributed by atoms with Crippen LogP contribution in [0.3, 0.4) is 0 Å². The number of aliphatic imine (C=N–C) groups is 1. The third kappa shape index (κ3) is 7.36. The van der Waals surface area contributed by atoms with Gasteiger partial charge in [-0.3, -0.25) is 9.98 Å². The fraction of sp³-hybridized carbons (Fsp3) is 0.333. The molecule has 3 rings (SSSR count). The Hall–Kier alpha value is -2.39. The second kappa shape index (κ2) is 13.1. The summed E-state index contributed by atoms with van der Waals surface area (Å²) in [5.41, 5.74) is 4.44. The van der Waals surface area contributed by atoms with Gasteiger partial charge in [0.1, 0.15) is 5.75 Å². The lowest BCUT2D eigenvalue weighted by Crippen LogP contribution is -2.36. The average Bonchev–Trinajstić information content (AvgIpc) is 2.78. The van der Waals surface area contributed by atoms with E-state index in [1.807, 2.05) is 30.5 Å². The molecule has 0 radical (unpaired) electrons. The molecule has 0 aliphatic carbocycles. The molecule has 7 heteroatoms. The molecule has 3 aromatic rings. The molecule has 0 fully saturated rings. The maximum atomic E-state index is 5.98. The largest absolute Gasteiger partial charge is 0.493 e. The van der Waals surface area contributed by atoms with E-state index in [1.54, 1.807) is 14.2 Å². The lowest BCUT2D eigenvalue weighted by Gasteiger charge is -2.16. The number of benzene rings is 2. The second-order valence-electron chi connectivity index (χ2n) is 7.07. The molecule has 2 N–H and O–H groups in total. The van der Waals surface area contributed by atoms with E-state index in [-0.39, 0.29) is 24.0 Å². The van der Waals surface area contributed by atoms with E-state index in [0.717, 1.165) is 34.6 Å². The minimum atomic E-state index is 0. The number of aromatic nitrogens is 1. The minimum absolute atomic E-state index is 0. The van der Waals surface area contributed by atoms with Crippen molar-refractivity contribution < 1.29 is 9.47 Å². The van der Waals surface area contributed by atoms with Crippen molar-refractivity contribution in [2.45, 2.75) is 26.4 Å². The molecule has 0 bridgehead atoms. The molecule has 0 amide bonds. The van der Waals surface area contributed by atoms with Crippen molar-refractivity contribution in [3.8, 4) is 5.75 Å². The Bertz CT molecular complexity index is 989. The van der Waals surface area contributed by atoms with Crippen LogP contribution in [-0.4, -0.2) is 38.3 Å². The number of ether oxygens (including phenoxy) is 2. The zero-order chi connectivity index (χ0) is 21.2. The molecule has 166 valence electrons. The molecule has 31 heavy (non-hydrogen) atoms. The number of guanidine groups is 1. The van der Waals surface area contributed by atoms with E-state index >= 15 is 0 Å². The van der Waals surface area contributed by atoms with E-state index in [4.69, 9.17) is 9.47 Å². The van der Waals surface area contributed by atoms with Gasteiger partial charge in [-0.2, -0.15) is 0 Å². The topological polar surface area (TPSA) is 67.8 Å². The number of nitrogens with zero attached hydrogens (tertiary/aromatic N) is 2. The molecule has 1 aromatic heterocycles. The normalized spacial score (nSPS) is 11.1. The molecule has 0 saturated heterocycles. The zero-order valence-electron chi connectivity index (χ0n) is 18.4. The van der Waals surface area contributed by atoms with Crippen LogP contribution < -0.4 is 15.4 Å². The molecule has 0 aliphatic rings. The highest BCUT2D eigenvalue weighted by molar-refractivity contribution is 14.0. The summed E-state index contributed by atoms with van der Waals surface area (Å²) in [4.78, 5) is 8.78. The highest BCUT2D eigenvalue weighted by atomic mass is 127. The molecular weight excluding hydrogens is 503 g/mol. The van der Waals surface area contributed by atoms with Gasteiger partial charge in [0.2, 0.25) is 0 Å². The van der Waals surface area contributed by atoms with Crippen LogP contribution in [-0.2, 0) is 17.8 Å². The maximum Gasteiger partial charge on any atom is 0.191 e. The van der Waals surface area contributed by atoms with Crippen molar-refractivity contribution in [2.75, 3.05) is 27.4 Å². The maximum absolute atomic E-state index is 5.98. The fourth-order valence-electron chi connectivity index (χ4n) is 3.22. The van der Waals surface area contributed by atoms with Crippen LogP contribution in [0.25, 0.3) is 10.9 Å². The first-order chi connectivity index (χ1) is 14.7. The van der Waals surface area contributed by atoms with E-state index < -0.39 is 0 Å². The van der Waals surface area contributed by atoms with Gasteiger partial charge >= 0.3 is 0 Å². The number of hydrogen-bond donors (Lipinski definition) is 2. The summed E-state index contributed by atoms with van der Waals surface area (Å²) in [6, 6.07) is 16.5. The summed E-state index contributed by atoms with van der Waals surface area (Å²) in [6.45, 7) is 4.68. The lowest BCUT2D eigenvalue weighted by atomic mass is 10.1. The number of halogens is 1. The Morgan fingerprint density at radius 2 is 1.77 bits per heavy atom. The van der Waals surface area contributed by atoms with Crippen LogP contribution in [0.5, 0.6) is 5.75 Å². The first-order valence-corrected chi connectivity index (χ1v) is 10.2. The summed E-state index contributed by atoms with van der Waals surface area (Å²) in [7, 11) is 3.48. The lowest BCUT2D eigenvalue weighted by molar-refractivity contribution is 0.171. The summed E-state index contributed by atoms with van der Waals surface area (Å²) < 4.78 is 11.1. The van der Waals surface area contributed by atoms with Crippen LogP contribution in [0, 0.1) is 6.92 Å². The summed E-state index contributed by atoms with van der Waals surface area (Å²) in [5, 5.41) is 7.92. The van der Waals surface area contributed by atoms with Crippen molar-refractivity contribution in [1.82, 2.24) is 15.6 Å². The highest BCUT2D eigenvalue weighted by Gasteiger charge is 2.07. The molecule has 6 nitrogen and oxygen atoms in total. The quantitative estimate of drug-likeness (QED) is 0.184. The Balaban J connectivity index is 0.00000341. The molecule has 1 heterocycles. The van der Waals surface area contributed by atoms with Crippen molar-refractivity contribution in [1.29, 1.82) is 0 Å². The van der Waals surface area contributed by atoms with Gasteiger partial charge in [0.25, 0.3) is 0 Å². The molecule has 0 unspecified atom stereocenters. The summed E-state index contributed by atoms with van der Waals surface area (Å²) >= 11 is 0. The van der Waals surface area contributed by atoms with Gasteiger partial charge in [-0.25, -0.2) is 0 Å². The molecule has 2 aromatic carbocycles. The Kier molecular flexibility index (Phi) is 10.5. The highest BCUT2D eigenvalue weighted by Crippen LogP contribution is 2.20. The van der Waals surface area contributed by atoms with Gasteiger partial charge in [-0.15, -0.1) is 24.0 Å². The summed E-state index contributed by atoms with van der Waals surface area (Å²) in [5.74, 6) is 1.64. The number of pyridine rings is 1. The Morgan fingerprint density at radius 3 is 2.55 bits per heavy atom. The molecule has 0 saturated carbocycles. The minimum Gasteiger partial charge on any atom is -0.493 e. The average molecular weight is 534 g/mol. The predicted octanol–water partition coefficient (Wildman–Crippen LogP) is 4.44. The number of fused-ring (bicyclic) bond motifs is 1. The van der Waals surface area contributed by atoms with Gasteiger partial charge in [-0.1, -0.05) is 30.3 Å². The number of nitrogens with one attached hydrogen (secondary N) is 2. The smallest absolute Gasteiger partial charge is 0.191 e. The van der Waals surface area contributed by atoms with Gasteiger partial charge in [0.15, 0.2) is 5.96 Å². The van der Waals surface area contributed by atoms with Gasteiger partial charge < -0.3 is 20.1 Å². The molecule has 0 atom stereocenters. The van der Waals surface area contributed by atoms with Crippen LogP contribution >= 0.6 is 24.0 Å². The number of methoxy groups -OCH3 is 1. The van der Waals surface area contributed by atoms with E-state index in [9.17, 15) is 0 Å². The van der Waals surface area contributed by atoms with E-state index in [0.29, 0.717) is 26.3 Å². The van der Waals surface area contributed by atoms with Gasteiger partial charge in [-0.05, 0) is 36.2 Å². The van der Waals surface area contributed by atoms with E-state index in [2.05, 4.69) is 51.8 Å². The third-order valence-corrected chi connectivity index (χ3v) is 4.83. The first kappa shape index (κ1) is 24.9. The van der Waals surface area contributed by atoms with Crippen molar-refractivity contribution in [3.05, 3.63) is 71.4 Å². The predicted molar refractivity (Wildman–Crippen MR) is 137 cm³/mol. The van der Waals surface area contributed by atoms with Crippen LogP contribution in [0.15, 0.2) is 59.7 Å². The second-order valence-corrected chi connectivity index (χ2v) is 7.07. The zero-order valence-corrected chi connectivity index (χ0v) is 20.7. The first-order valence-electron chi connectivity index (χ1n) is 10.2. The number of hydrogen-bond acceptors (Lipinski definition) is 4. The number of para-hydroxylation sites is 1. The SMILES string of the molecule is CN=C(NCc1ccc(C)cc1OCCCOC)NCc1ccnc2ccccc12.I. The molecule has 0 aliphatic heterocycles. The van der Waals surface area contributed by atoms with Gasteiger partial charge in [0.05, 0.1) is 12.1 Å². The van der Waals surface area contributed by atoms with Crippen LogP contribution in [0.2, 0.25) is 0 Å².